The third-order valence-corrected chi connectivity index (χ3v) is 4.77. The molecule has 5 nitrogen and oxygen atoms in total. The number of hydrogen-bond acceptors (Lipinski definition) is 4. The molecule has 1 aromatic heterocycles. The van der Waals surface area contributed by atoms with Gasteiger partial charge in [-0.15, -0.1) is 0 Å². The third kappa shape index (κ3) is 4.37. The van der Waals surface area contributed by atoms with E-state index in [0.29, 0.717) is 4.77 Å². The second-order valence-electron chi connectivity index (χ2n) is 7.65. The third-order valence-electron chi connectivity index (χ3n) is 4.51. The smallest absolute Gasteiger partial charge is 0.216 e. The Morgan fingerprint density at radius 1 is 1.08 bits per heavy atom. The number of anilines is 1. The number of benzene rings is 1. The molecule has 1 N–H and O–H groups in total. The topological polar surface area (TPSA) is 49.2 Å². The molecular formula is C19H27N5S. The number of aromatic amines is 1. The molecule has 0 atom stereocenters. The van der Waals surface area contributed by atoms with Crippen molar-refractivity contribution in [2.45, 2.75) is 51.9 Å². The molecule has 0 bridgehead atoms. The Hall–Kier alpha value is -1.95. The first kappa shape index (κ1) is 17.9. The van der Waals surface area contributed by atoms with E-state index in [9.17, 15) is 0 Å². The summed E-state index contributed by atoms with van der Waals surface area (Å²) in [5, 5.41) is 11.7. The monoisotopic (exact) mass is 357 g/mol. The van der Waals surface area contributed by atoms with Gasteiger partial charge in [0.1, 0.15) is 0 Å². The van der Waals surface area contributed by atoms with E-state index in [1.807, 2.05) is 6.21 Å². The zero-order valence-electron chi connectivity index (χ0n) is 15.3. The SMILES string of the molecule is CC(C)(C)c1n[nH]c(=S)n1/N=C\c1ccc(N2CCCCCC2)cc1. The van der Waals surface area contributed by atoms with Crippen LogP contribution < -0.4 is 4.90 Å². The highest BCUT2D eigenvalue weighted by Gasteiger charge is 2.21. The fourth-order valence-corrected chi connectivity index (χ4v) is 3.29. The molecule has 0 aliphatic carbocycles. The van der Waals surface area contributed by atoms with E-state index in [4.69, 9.17) is 12.2 Å². The summed E-state index contributed by atoms with van der Waals surface area (Å²) in [6.45, 7) is 8.61. The Bertz CT molecular complexity index is 771. The molecule has 1 aliphatic rings. The van der Waals surface area contributed by atoms with Crippen molar-refractivity contribution in [2.24, 2.45) is 5.10 Å². The first-order chi connectivity index (χ1) is 11.9. The van der Waals surface area contributed by atoms with Gasteiger partial charge < -0.3 is 4.90 Å². The number of rotatable bonds is 3. The van der Waals surface area contributed by atoms with Crippen molar-refractivity contribution >= 4 is 24.1 Å². The summed E-state index contributed by atoms with van der Waals surface area (Å²) in [4.78, 5) is 2.48. The van der Waals surface area contributed by atoms with Gasteiger partial charge in [0.15, 0.2) is 5.82 Å². The summed E-state index contributed by atoms with van der Waals surface area (Å²) < 4.78 is 2.22. The Morgan fingerprint density at radius 3 is 2.32 bits per heavy atom. The number of nitrogens with zero attached hydrogens (tertiary/aromatic N) is 4. The fraction of sp³-hybridized carbons (Fsp3) is 0.526. The van der Waals surface area contributed by atoms with Gasteiger partial charge in [0, 0.05) is 24.2 Å². The zero-order chi connectivity index (χ0) is 17.9. The van der Waals surface area contributed by atoms with Crippen molar-refractivity contribution in [3.8, 4) is 0 Å². The normalized spacial score (nSPS) is 16.4. The maximum atomic E-state index is 5.30. The van der Waals surface area contributed by atoms with Gasteiger partial charge in [-0.05, 0) is 42.8 Å². The minimum Gasteiger partial charge on any atom is -0.372 e. The number of aromatic nitrogens is 3. The van der Waals surface area contributed by atoms with Gasteiger partial charge in [0.05, 0.1) is 6.21 Å². The molecule has 1 aliphatic heterocycles. The Labute approximate surface area is 154 Å². The standard InChI is InChI=1S/C19H27N5S/c1-19(2,3)17-21-22-18(25)24(17)20-14-15-8-10-16(11-9-15)23-12-6-4-5-7-13-23/h8-11,14H,4-7,12-13H2,1-3H3,(H,22,25)/b20-14-. The molecule has 2 heterocycles. The van der Waals surface area contributed by atoms with Crippen LogP contribution in [0, 0.1) is 4.77 Å². The summed E-state index contributed by atoms with van der Waals surface area (Å²) in [5.74, 6) is 0.829. The second-order valence-corrected chi connectivity index (χ2v) is 8.04. The van der Waals surface area contributed by atoms with E-state index in [2.05, 4.69) is 65.2 Å². The van der Waals surface area contributed by atoms with Crippen molar-refractivity contribution in [2.75, 3.05) is 18.0 Å². The van der Waals surface area contributed by atoms with E-state index < -0.39 is 0 Å². The second kappa shape index (κ2) is 7.52. The fourth-order valence-electron chi connectivity index (χ4n) is 3.11. The Morgan fingerprint density at radius 2 is 1.72 bits per heavy atom. The van der Waals surface area contributed by atoms with Crippen LogP contribution in [0.4, 0.5) is 5.69 Å². The van der Waals surface area contributed by atoms with Crippen molar-refractivity contribution in [1.82, 2.24) is 14.9 Å². The first-order valence-electron chi connectivity index (χ1n) is 9.02. The lowest BCUT2D eigenvalue weighted by Gasteiger charge is -2.22. The maximum Gasteiger partial charge on any atom is 0.216 e. The van der Waals surface area contributed by atoms with Crippen LogP contribution in [0.25, 0.3) is 0 Å². The molecule has 0 spiro atoms. The van der Waals surface area contributed by atoms with Gasteiger partial charge in [-0.25, -0.2) is 0 Å². The molecule has 2 aromatic rings. The molecule has 0 unspecified atom stereocenters. The molecular weight excluding hydrogens is 330 g/mol. The summed E-state index contributed by atoms with van der Waals surface area (Å²) in [7, 11) is 0. The highest BCUT2D eigenvalue weighted by Crippen LogP contribution is 2.21. The van der Waals surface area contributed by atoms with Crippen LogP contribution >= 0.6 is 12.2 Å². The average Bonchev–Trinajstić information content (AvgIpc) is 2.79. The highest BCUT2D eigenvalue weighted by atomic mass is 32.1. The van der Waals surface area contributed by atoms with Gasteiger partial charge in [-0.1, -0.05) is 45.7 Å². The lowest BCUT2D eigenvalue weighted by molar-refractivity contribution is 0.516. The van der Waals surface area contributed by atoms with Crippen molar-refractivity contribution < 1.29 is 0 Å². The molecule has 1 saturated heterocycles. The summed E-state index contributed by atoms with van der Waals surface area (Å²) in [5.41, 5.74) is 2.23. The van der Waals surface area contributed by atoms with Crippen LogP contribution in [-0.2, 0) is 5.41 Å². The van der Waals surface area contributed by atoms with Crippen molar-refractivity contribution in [1.29, 1.82) is 0 Å². The largest absolute Gasteiger partial charge is 0.372 e. The predicted octanol–water partition coefficient (Wildman–Crippen LogP) is 4.50. The van der Waals surface area contributed by atoms with Crippen LogP contribution in [0.5, 0.6) is 0 Å². The van der Waals surface area contributed by atoms with E-state index in [-0.39, 0.29) is 5.41 Å². The van der Waals surface area contributed by atoms with Crippen molar-refractivity contribution in [3.05, 3.63) is 40.4 Å². The molecule has 0 amide bonds. The number of nitrogens with one attached hydrogen (secondary N) is 1. The molecule has 0 saturated carbocycles. The number of hydrogen-bond donors (Lipinski definition) is 1. The highest BCUT2D eigenvalue weighted by molar-refractivity contribution is 7.71. The molecule has 3 rings (SSSR count). The van der Waals surface area contributed by atoms with Crippen LogP contribution in [0.15, 0.2) is 29.4 Å². The van der Waals surface area contributed by atoms with E-state index in [1.54, 1.807) is 4.68 Å². The molecule has 6 heteroatoms. The average molecular weight is 358 g/mol. The maximum absolute atomic E-state index is 5.30. The minimum absolute atomic E-state index is 0.123. The van der Waals surface area contributed by atoms with E-state index in [1.165, 1.54) is 31.4 Å². The summed E-state index contributed by atoms with van der Waals surface area (Å²) in [6.07, 6.45) is 7.12. The van der Waals surface area contributed by atoms with Gasteiger partial charge in [-0.3, -0.25) is 5.10 Å². The summed E-state index contributed by atoms with van der Waals surface area (Å²) >= 11 is 5.30. The quantitative estimate of drug-likeness (QED) is 0.650. The van der Waals surface area contributed by atoms with Crippen molar-refractivity contribution in [3.63, 3.8) is 0 Å². The molecule has 25 heavy (non-hydrogen) atoms. The van der Waals surface area contributed by atoms with Crippen LogP contribution in [0.2, 0.25) is 0 Å². The van der Waals surface area contributed by atoms with Crippen LogP contribution in [0.3, 0.4) is 0 Å². The van der Waals surface area contributed by atoms with Gasteiger partial charge >= 0.3 is 0 Å². The van der Waals surface area contributed by atoms with Crippen LogP contribution in [0.1, 0.15) is 57.8 Å². The lowest BCUT2D eigenvalue weighted by atomic mass is 9.96. The van der Waals surface area contributed by atoms with Gasteiger partial charge in [-0.2, -0.15) is 14.9 Å². The molecule has 1 fully saturated rings. The van der Waals surface area contributed by atoms with Gasteiger partial charge in [0.25, 0.3) is 0 Å². The Kier molecular flexibility index (Phi) is 5.37. The lowest BCUT2D eigenvalue weighted by Crippen LogP contribution is -2.23. The first-order valence-corrected chi connectivity index (χ1v) is 9.43. The Balaban J connectivity index is 1.77. The molecule has 0 radical (unpaired) electrons. The predicted molar refractivity (Wildman–Crippen MR) is 106 cm³/mol. The van der Waals surface area contributed by atoms with E-state index in [0.717, 1.165) is 24.5 Å². The minimum atomic E-state index is -0.123. The van der Waals surface area contributed by atoms with E-state index >= 15 is 0 Å². The molecule has 1 aromatic carbocycles. The zero-order valence-corrected chi connectivity index (χ0v) is 16.1. The van der Waals surface area contributed by atoms with Crippen LogP contribution in [-0.4, -0.2) is 34.2 Å². The molecule has 134 valence electrons. The summed E-state index contributed by atoms with van der Waals surface area (Å²) in [6, 6.07) is 8.60. The number of H-pyrrole nitrogens is 1. The van der Waals surface area contributed by atoms with Gasteiger partial charge in [0.2, 0.25) is 4.77 Å².